The molecule has 1 aromatic carbocycles. The van der Waals surface area contributed by atoms with E-state index in [1.165, 1.54) is 12.3 Å². The van der Waals surface area contributed by atoms with E-state index in [1.54, 1.807) is 19.1 Å². The molecule has 0 aliphatic heterocycles. The highest BCUT2D eigenvalue weighted by Crippen LogP contribution is 2.25. The Labute approximate surface area is 97.6 Å². The molecule has 2 nitrogen and oxygen atoms in total. The summed E-state index contributed by atoms with van der Waals surface area (Å²) in [6.07, 6.45) is 0.337. The van der Waals surface area contributed by atoms with Crippen LogP contribution in [0.1, 0.15) is 22.9 Å². The summed E-state index contributed by atoms with van der Waals surface area (Å²) >= 11 is 0. The van der Waals surface area contributed by atoms with Crippen LogP contribution < -0.4 is 0 Å². The molecule has 0 fully saturated rings. The molecule has 1 aromatic heterocycles. The molecule has 1 atom stereocenters. The van der Waals surface area contributed by atoms with E-state index in [2.05, 4.69) is 4.98 Å². The molecular formula is C13H11F2NO. The first-order chi connectivity index (χ1) is 8.09. The van der Waals surface area contributed by atoms with E-state index in [0.29, 0.717) is 5.69 Å². The van der Waals surface area contributed by atoms with Crippen molar-refractivity contribution in [3.8, 4) is 0 Å². The van der Waals surface area contributed by atoms with E-state index in [0.717, 1.165) is 17.7 Å². The van der Waals surface area contributed by atoms with Crippen LogP contribution in [-0.2, 0) is 0 Å². The fraction of sp³-hybridized carbons (Fsp3) is 0.154. The Bertz CT molecular complexity index is 543. The minimum atomic E-state index is -1.18. The summed E-state index contributed by atoms with van der Waals surface area (Å²) in [6.45, 7) is 1.77. The summed E-state index contributed by atoms with van der Waals surface area (Å²) < 4.78 is 26.2. The fourth-order valence-electron chi connectivity index (χ4n) is 1.65. The molecule has 0 spiro atoms. The number of aromatic nitrogens is 1. The third-order valence-corrected chi connectivity index (χ3v) is 2.57. The van der Waals surface area contributed by atoms with Crippen molar-refractivity contribution in [2.45, 2.75) is 13.0 Å². The van der Waals surface area contributed by atoms with Crippen LogP contribution in [0.25, 0.3) is 0 Å². The minimum Gasteiger partial charge on any atom is -0.382 e. The molecule has 4 heteroatoms. The van der Waals surface area contributed by atoms with Crippen LogP contribution in [0.3, 0.4) is 0 Å². The van der Waals surface area contributed by atoms with Gasteiger partial charge in [-0.05, 0) is 24.6 Å². The zero-order chi connectivity index (χ0) is 12.4. The largest absolute Gasteiger partial charge is 0.382 e. The Balaban J connectivity index is 2.44. The standard InChI is InChI=1S/C13H11F2NO/c1-8-3-2-6-16-12(8)13(17)10-5-4-9(14)7-11(10)15/h2-7,13,17H,1H3. The van der Waals surface area contributed by atoms with Gasteiger partial charge in [-0.15, -0.1) is 0 Å². The first-order valence-electron chi connectivity index (χ1n) is 5.14. The molecule has 0 amide bonds. The van der Waals surface area contributed by atoms with Gasteiger partial charge < -0.3 is 5.11 Å². The Hall–Kier alpha value is -1.81. The van der Waals surface area contributed by atoms with Gasteiger partial charge in [0.2, 0.25) is 0 Å². The molecule has 0 aliphatic rings. The third kappa shape index (κ3) is 2.31. The summed E-state index contributed by atoms with van der Waals surface area (Å²) in [6, 6.07) is 6.58. The van der Waals surface area contributed by atoms with Gasteiger partial charge in [-0.3, -0.25) is 4.98 Å². The quantitative estimate of drug-likeness (QED) is 0.868. The molecule has 2 aromatic rings. The van der Waals surface area contributed by atoms with Gasteiger partial charge >= 0.3 is 0 Å². The van der Waals surface area contributed by atoms with Crippen LogP contribution in [-0.4, -0.2) is 10.1 Å². The molecule has 0 aliphatic carbocycles. The van der Waals surface area contributed by atoms with E-state index in [9.17, 15) is 13.9 Å². The number of hydrogen-bond donors (Lipinski definition) is 1. The van der Waals surface area contributed by atoms with E-state index in [1.807, 2.05) is 0 Å². The molecule has 0 bridgehead atoms. The Morgan fingerprint density at radius 2 is 2.00 bits per heavy atom. The second-order valence-electron chi connectivity index (χ2n) is 3.77. The SMILES string of the molecule is Cc1cccnc1C(O)c1ccc(F)cc1F. The second kappa shape index (κ2) is 4.59. The highest BCUT2D eigenvalue weighted by atomic mass is 19.1. The molecule has 1 heterocycles. The monoisotopic (exact) mass is 235 g/mol. The van der Waals surface area contributed by atoms with Gasteiger partial charge in [-0.1, -0.05) is 12.1 Å². The number of rotatable bonds is 2. The summed E-state index contributed by atoms with van der Waals surface area (Å²) in [4.78, 5) is 4.01. The van der Waals surface area contributed by atoms with Gasteiger partial charge in [0.05, 0.1) is 5.69 Å². The minimum absolute atomic E-state index is 0.0215. The Kier molecular flexibility index (Phi) is 3.15. The van der Waals surface area contributed by atoms with Crippen molar-refractivity contribution in [3.05, 3.63) is 65.0 Å². The second-order valence-corrected chi connectivity index (χ2v) is 3.77. The van der Waals surface area contributed by atoms with Crippen LogP contribution in [0.2, 0.25) is 0 Å². The molecule has 1 unspecified atom stereocenters. The number of halogens is 2. The first kappa shape index (κ1) is 11.7. The molecule has 0 saturated carbocycles. The molecule has 2 rings (SSSR count). The normalized spacial score (nSPS) is 12.5. The number of aliphatic hydroxyl groups excluding tert-OH is 1. The van der Waals surface area contributed by atoms with Crippen molar-refractivity contribution in [3.63, 3.8) is 0 Å². The van der Waals surface area contributed by atoms with Gasteiger partial charge in [0.15, 0.2) is 0 Å². The first-order valence-corrected chi connectivity index (χ1v) is 5.14. The van der Waals surface area contributed by atoms with Crippen LogP contribution in [0.15, 0.2) is 36.5 Å². The average molecular weight is 235 g/mol. The molecule has 0 saturated heterocycles. The number of nitrogens with zero attached hydrogens (tertiary/aromatic N) is 1. The smallest absolute Gasteiger partial charge is 0.132 e. The topological polar surface area (TPSA) is 33.1 Å². The molecular weight excluding hydrogens is 224 g/mol. The summed E-state index contributed by atoms with van der Waals surface area (Å²) in [7, 11) is 0. The summed E-state index contributed by atoms with van der Waals surface area (Å²) in [5, 5.41) is 10.0. The molecule has 0 radical (unpaired) electrons. The third-order valence-electron chi connectivity index (χ3n) is 2.57. The van der Waals surface area contributed by atoms with Crippen molar-refractivity contribution < 1.29 is 13.9 Å². The van der Waals surface area contributed by atoms with Crippen molar-refractivity contribution in [1.29, 1.82) is 0 Å². The van der Waals surface area contributed by atoms with Crippen LogP contribution in [0, 0.1) is 18.6 Å². The van der Waals surface area contributed by atoms with Crippen LogP contribution in [0.5, 0.6) is 0 Å². The van der Waals surface area contributed by atoms with Gasteiger partial charge in [-0.2, -0.15) is 0 Å². The van der Waals surface area contributed by atoms with Gasteiger partial charge in [-0.25, -0.2) is 8.78 Å². The summed E-state index contributed by atoms with van der Waals surface area (Å²) in [5.41, 5.74) is 1.15. The average Bonchev–Trinajstić information content (AvgIpc) is 2.29. The molecule has 1 N–H and O–H groups in total. The van der Waals surface area contributed by atoms with E-state index in [-0.39, 0.29) is 5.56 Å². The number of pyridine rings is 1. The van der Waals surface area contributed by atoms with E-state index < -0.39 is 17.7 Å². The lowest BCUT2D eigenvalue weighted by Crippen LogP contribution is -2.06. The lowest BCUT2D eigenvalue weighted by atomic mass is 10.0. The molecule has 17 heavy (non-hydrogen) atoms. The highest BCUT2D eigenvalue weighted by molar-refractivity contribution is 5.31. The van der Waals surface area contributed by atoms with E-state index >= 15 is 0 Å². The zero-order valence-electron chi connectivity index (χ0n) is 9.19. The zero-order valence-corrected chi connectivity index (χ0v) is 9.19. The van der Waals surface area contributed by atoms with Crippen molar-refractivity contribution in [1.82, 2.24) is 4.98 Å². The van der Waals surface area contributed by atoms with E-state index in [4.69, 9.17) is 0 Å². The maximum Gasteiger partial charge on any atom is 0.132 e. The van der Waals surface area contributed by atoms with Gasteiger partial charge in [0.1, 0.15) is 17.7 Å². The van der Waals surface area contributed by atoms with Crippen LogP contribution >= 0.6 is 0 Å². The van der Waals surface area contributed by atoms with Gasteiger partial charge in [0.25, 0.3) is 0 Å². The maximum absolute atomic E-state index is 13.5. The Morgan fingerprint density at radius 3 is 2.65 bits per heavy atom. The lowest BCUT2D eigenvalue weighted by Gasteiger charge is -2.13. The number of aliphatic hydroxyl groups is 1. The lowest BCUT2D eigenvalue weighted by molar-refractivity contribution is 0.209. The number of hydrogen-bond acceptors (Lipinski definition) is 2. The predicted molar refractivity (Wildman–Crippen MR) is 59.4 cm³/mol. The maximum atomic E-state index is 13.5. The Morgan fingerprint density at radius 1 is 1.24 bits per heavy atom. The summed E-state index contributed by atoms with van der Waals surface area (Å²) in [5.74, 6) is -1.45. The van der Waals surface area contributed by atoms with Crippen molar-refractivity contribution in [2.24, 2.45) is 0 Å². The van der Waals surface area contributed by atoms with Crippen molar-refractivity contribution >= 4 is 0 Å². The number of benzene rings is 1. The van der Waals surface area contributed by atoms with Crippen molar-refractivity contribution in [2.75, 3.05) is 0 Å². The number of aryl methyl sites for hydroxylation is 1. The van der Waals surface area contributed by atoms with Crippen LogP contribution in [0.4, 0.5) is 8.78 Å². The fourth-order valence-corrected chi connectivity index (χ4v) is 1.65. The molecule has 88 valence electrons. The highest BCUT2D eigenvalue weighted by Gasteiger charge is 2.18. The van der Waals surface area contributed by atoms with Gasteiger partial charge in [0, 0.05) is 17.8 Å². The predicted octanol–water partition coefficient (Wildman–Crippen LogP) is 2.75.